The van der Waals surface area contributed by atoms with Gasteiger partial charge >= 0.3 is 36.1 Å². The zero-order chi connectivity index (χ0) is 39.3. The number of nitrogens with zero attached hydrogens (tertiary/aromatic N) is 3. The Morgan fingerprint density at radius 3 is 2.13 bits per heavy atom. The van der Waals surface area contributed by atoms with E-state index in [1.807, 2.05) is 10.6 Å². The molecule has 1 aliphatic carbocycles. The van der Waals surface area contributed by atoms with Crippen LogP contribution in [0.4, 0.5) is 49.6 Å². The third-order valence-corrected chi connectivity index (χ3v) is 7.86. The van der Waals surface area contributed by atoms with Crippen molar-refractivity contribution in [2.24, 2.45) is 0 Å². The lowest BCUT2D eigenvalue weighted by Crippen LogP contribution is -2.50. The first-order chi connectivity index (χ1) is 25.4. The normalized spacial score (nSPS) is 13.9. The fourth-order valence-electron chi connectivity index (χ4n) is 4.78. The number of aliphatic carboxylic acids is 1. The number of halogens is 7. The van der Waals surface area contributed by atoms with E-state index in [1.54, 1.807) is 24.3 Å². The number of benzene rings is 3. The molecule has 0 aliphatic heterocycles. The van der Waals surface area contributed by atoms with Gasteiger partial charge in [-0.2, -0.15) is 41.3 Å². The third-order valence-electron chi connectivity index (χ3n) is 7.61. The summed E-state index contributed by atoms with van der Waals surface area (Å²) < 4.78 is 82.3. The van der Waals surface area contributed by atoms with Crippen molar-refractivity contribution >= 4 is 58.6 Å². The zero-order valence-corrected chi connectivity index (χ0v) is 28.1. The smallest absolute Gasteiger partial charge is 0.422 e. The lowest BCUT2D eigenvalue weighted by molar-refractivity contribution is -0.154. The molecule has 1 aliphatic rings. The number of carbonyl (C=O) groups is 4. The molecule has 284 valence electrons. The Morgan fingerprint density at radius 2 is 1.52 bits per heavy atom. The Morgan fingerprint density at radius 1 is 0.852 bits per heavy atom. The van der Waals surface area contributed by atoms with Crippen LogP contribution in [0.3, 0.4) is 0 Å². The average molecular weight is 781 g/mol. The molecule has 5 rings (SSSR count). The first-order valence-corrected chi connectivity index (χ1v) is 15.9. The SMILES string of the molecule is O=C(NC[C@H](NC(=O)c1ccc(Nc2nc(NC3(c4ccc(Cl)cc4)CC3)nc(OCC(F)(F)F)n2)cc1)C(=O)O)C(=O)Nc1cccc(C(F)(F)F)c1. The number of carboxylic acid groups (broad SMARTS) is 1. The van der Waals surface area contributed by atoms with Gasteiger partial charge in [0.2, 0.25) is 11.9 Å². The molecule has 0 radical (unpaired) electrons. The maximum absolute atomic E-state index is 12.9. The van der Waals surface area contributed by atoms with Crippen molar-refractivity contribution in [3.05, 3.63) is 94.5 Å². The van der Waals surface area contributed by atoms with Crippen molar-refractivity contribution in [3.8, 4) is 6.01 Å². The first-order valence-electron chi connectivity index (χ1n) is 15.6. The summed E-state index contributed by atoms with van der Waals surface area (Å²) in [6.07, 6.45) is -8.05. The van der Waals surface area contributed by atoms with Crippen molar-refractivity contribution in [2.45, 2.75) is 36.8 Å². The van der Waals surface area contributed by atoms with Gasteiger partial charge in [0.05, 0.1) is 11.1 Å². The van der Waals surface area contributed by atoms with Crippen LogP contribution in [0.25, 0.3) is 0 Å². The molecule has 0 saturated heterocycles. The number of anilines is 4. The number of hydrogen-bond acceptors (Lipinski definition) is 10. The molecule has 1 fully saturated rings. The first kappa shape index (κ1) is 39.0. The summed E-state index contributed by atoms with van der Waals surface area (Å²) >= 11 is 6.00. The number of rotatable bonds is 13. The number of carbonyl (C=O) groups excluding carboxylic acids is 3. The molecular formula is C33H27ClF6N8O6. The topological polar surface area (TPSA) is 197 Å². The maximum Gasteiger partial charge on any atom is 0.422 e. The van der Waals surface area contributed by atoms with Crippen LogP contribution in [0.15, 0.2) is 72.8 Å². The van der Waals surface area contributed by atoms with Gasteiger partial charge in [-0.3, -0.25) is 14.4 Å². The van der Waals surface area contributed by atoms with Crippen LogP contribution < -0.4 is 31.3 Å². The van der Waals surface area contributed by atoms with E-state index < -0.39 is 72.3 Å². The number of ether oxygens (including phenoxy) is 1. The number of amides is 3. The second kappa shape index (κ2) is 15.8. The molecule has 21 heteroatoms. The number of hydrogen-bond donors (Lipinski definition) is 6. The number of carboxylic acids is 1. The number of alkyl halides is 6. The molecule has 0 bridgehead atoms. The van der Waals surface area contributed by atoms with Crippen LogP contribution in [0.5, 0.6) is 6.01 Å². The van der Waals surface area contributed by atoms with Gasteiger partial charge < -0.3 is 36.4 Å². The minimum absolute atomic E-state index is 0.0637. The minimum atomic E-state index is -4.71. The summed E-state index contributed by atoms with van der Waals surface area (Å²) in [6.45, 7) is -2.45. The Balaban J connectivity index is 1.21. The molecular weight excluding hydrogens is 754 g/mol. The molecule has 1 atom stereocenters. The van der Waals surface area contributed by atoms with Gasteiger partial charge in [-0.15, -0.1) is 0 Å². The van der Waals surface area contributed by atoms with Crippen LogP contribution in [-0.4, -0.2) is 69.1 Å². The highest BCUT2D eigenvalue weighted by Gasteiger charge is 2.45. The zero-order valence-electron chi connectivity index (χ0n) is 27.3. The van der Waals surface area contributed by atoms with E-state index in [9.17, 15) is 50.6 Å². The average Bonchev–Trinajstić information content (AvgIpc) is 3.89. The fraction of sp³-hybridized carbons (Fsp3) is 0.242. The van der Waals surface area contributed by atoms with Crippen molar-refractivity contribution in [1.82, 2.24) is 25.6 Å². The number of nitrogens with one attached hydrogen (secondary N) is 5. The quantitative estimate of drug-likeness (QED) is 0.0764. The van der Waals surface area contributed by atoms with Crippen LogP contribution >= 0.6 is 11.6 Å². The van der Waals surface area contributed by atoms with Crippen LogP contribution in [0.2, 0.25) is 5.02 Å². The van der Waals surface area contributed by atoms with Gasteiger partial charge in [0.25, 0.3) is 5.91 Å². The molecule has 0 spiro atoms. The third kappa shape index (κ3) is 10.7. The van der Waals surface area contributed by atoms with Crippen LogP contribution in [0, 0.1) is 0 Å². The molecule has 1 aromatic heterocycles. The predicted molar refractivity (Wildman–Crippen MR) is 179 cm³/mol. The van der Waals surface area contributed by atoms with E-state index in [0.717, 1.165) is 23.8 Å². The van der Waals surface area contributed by atoms with Crippen molar-refractivity contribution < 1.29 is 55.4 Å². The molecule has 14 nitrogen and oxygen atoms in total. The highest BCUT2D eigenvalue weighted by molar-refractivity contribution is 6.39. The minimum Gasteiger partial charge on any atom is -0.480 e. The van der Waals surface area contributed by atoms with E-state index in [2.05, 4.69) is 30.9 Å². The van der Waals surface area contributed by atoms with Crippen molar-refractivity contribution in [1.29, 1.82) is 0 Å². The number of aromatic nitrogens is 3. The molecule has 54 heavy (non-hydrogen) atoms. The maximum atomic E-state index is 12.9. The summed E-state index contributed by atoms with van der Waals surface area (Å²) in [5.74, 6) is -5.58. The highest BCUT2D eigenvalue weighted by atomic mass is 35.5. The summed E-state index contributed by atoms with van der Waals surface area (Å²) in [6, 6.07) is 13.3. The molecule has 0 unspecified atom stereocenters. The molecule has 3 aromatic carbocycles. The Hall–Kier alpha value is -6.18. The Kier molecular flexibility index (Phi) is 11.4. The fourth-order valence-corrected chi connectivity index (χ4v) is 4.91. The lowest BCUT2D eigenvalue weighted by Gasteiger charge is -2.19. The molecule has 4 aromatic rings. The van der Waals surface area contributed by atoms with Gasteiger partial charge in [0.15, 0.2) is 6.61 Å². The van der Waals surface area contributed by atoms with E-state index in [0.29, 0.717) is 23.9 Å². The van der Waals surface area contributed by atoms with Crippen molar-refractivity contribution in [3.63, 3.8) is 0 Å². The second-order valence-electron chi connectivity index (χ2n) is 11.7. The van der Waals surface area contributed by atoms with Crippen molar-refractivity contribution in [2.75, 3.05) is 29.1 Å². The lowest BCUT2D eigenvalue weighted by atomic mass is 10.1. The summed E-state index contributed by atoms with van der Waals surface area (Å²) in [7, 11) is 0. The van der Waals surface area contributed by atoms with Gasteiger partial charge in [0.1, 0.15) is 6.04 Å². The van der Waals surface area contributed by atoms with Crippen LogP contribution in [-0.2, 0) is 26.1 Å². The molecule has 6 N–H and O–H groups in total. The molecule has 1 heterocycles. The highest BCUT2D eigenvalue weighted by Crippen LogP contribution is 2.48. The Bertz CT molecular complexity index is 2030. The van der Waals surface area contributed by atoms with Gasteiger partial charge in [-0.05, 0) is 73.0 Å². The largest absolute Gasteiger partial charge is 0.480 e. The van der Waals surface area contributed by atoms with E-state index in [4.69, 9.17) is 16.3 Å². The monoisotopic (exact) mass is 780 g/mol. The summed E-state index contributed by atoms with van der Waals surface area (Å²) in [5, 5.41) is 22.1. The van der Waals surface area contributed by atoms with Gasteiger partial charge in [0, 0.05) is 28.5 Å². The Labute approximate surface area is 305 Å². The predicted octanol–water partition coefficient (Wildman–Crippen LogP) is 5.27. The van der Waals surface area contributed by atoms with E-state index in [-0.39, 0.29) is 28.8 Å². The van der Waals surface area contributed by atoms with Gasteiger partial charge in [-0.1, -0.05) is 29.8 Å². The standard InChI is InChI=1S/C33H27ClF6N8O6/c34-20-8-6-18(7-9-20)31(12-13-31)48-29-45-28(46-30(47-29)54-16-32(35,36)37)43-21-10-4-17(5-11-21)24(49)44-23(27(52)53)15-41-25(50)26(51)42-22-3-1-2-19(14-22)33(38,39)40/h1-11,14,23H,12-13,15-16H2,(H,41,50)(H,42,51)(H,44,49)(H,52,53)(H2,43,45,46,47,48)/t23-/m0/s1. The summed E-state index contributed by atoms with van der Waals surface area (Å²) in [5.41, 5.74) is -0.986. The van der Waals surface area contributed by atoms with Crippen LogP contribution in [0.1, 0.15) is 34.3 Å². The molecule has 1 saturated carbocycles. The van der Waals surface area contributed by atoms with E-state index >= 15 is 0 Å². The summed E-state index contributed by atoms with van der Waals surface area (Å²) in [4.78, 5) is 61.2. The van der Waals surface area contributed by atoms with Gasteiger partial charge in [-0.25, -0.2) is 4.79 Å². The van der Waals surface area contributed by atoms with E-state index in [1.165, 1.54) is 24.3 Å². The second-order valence-corrected chi connectivity index (χ2v) is 12.1. The molecule has 3 amide bonds.